The molecule has 1 aliphatic rings. The number of carbonyl (C=O) groups excluding carboxylic acids is 1. The van der Waals surface area contributed by atoms with Gasteiger partial charge in [-0.3, -0.25) is 4.57 Å². The molecule has 3 rings (SSSR count). The highest BCUT2D eigenvalue weighted by atomic mass is 32.1. The molecule has 8 heteroatoms. The number of amides is 2. The Morgan fingerprint density at radius 3 is 2.58 bits per heavy atom. The second-order valence-electron chi connectivity index (χ2n) is 5.78. The van der Waals surface area contributed by atoms with E-state index in [1.807, 2.05) is 6.92 Å². The van der Waals surface area contributed by atoms with Crippen molar-refractivity contribution >= 4 is 17.4 Å². The average molecular weight is 355 g/mol. The summed E-state index contributed by atoms with van der Waals surface area (Å²) in [6.45, 7) is 2.47. The van der Waals surface area contributed by atoms with Crippen LogP contribution in [0.4, 0.5) is 18.0 Å². The van der Waals surface area contributed by atoms with Gasteiger partial charge in [0.25, 0.3) is 0 Å². The summed E-state index contributed by atoms with van der Waals surface area (Å²) >= 11 is 1.31. The lowest BCUT2D eigenvalue weighted by Crippen LogP contribution is -2.25. The normalized spacial score (nSPS) is 15.6. The number of hydrogen-bond donors (Lipinski definition) is 1. The van der Waals surface area contributed by atoms with Gasteiger partial charge in [-0.05, 0) is 49.9 Å². The highest BCUT2D eigenvalue weighted by Gasteiger charge is 2.30. The molecule has 0 radical (unpaired) electrons. The van der Waals surface area contributed by atoms with Gasteiger partial charge in [-0.15, -0.1) is 11.3 Å². The van der Waals surface area contributed by atoms with Crippen LogP contribution in [-0.4, -0.2) is 17.1 Å². The third-order valence-electron chi connectivity index (χ3n) is 3.68. The first-order chi connectivity index (χ1) is 11.3. The molecule has 4 nitrogen and oxygen atoms in total. The maximum Gasteiger partial charge on any atom is 0.416 e. The van der Waals surface area contributed by atoms with Crippen LogP contribution in [-0.2, 0) is 6.18 Å². The molecule has 1 aromatic carbocycles. The number of carbonyl (C=O) groups is 1. The van der Waals surface area contributed by atoms with E-state index in [4.69, 9.17) is 0 Å². The van der Waals surface area contributed by atoms with Crippen molar-refractivity contribution in [1.29, 1.82) is 0 Å². The van der Waals surface area contributed by atoms with Gasteiger partial charge in [-0.2, -0.15) is 18.2 Å². The molecule has 1 aromatic heterocycles. The number of halogens is 3. The van der Waals surface area contributed by atoms with Gasteiger partial charge in [0.05, 0.1) is 5.56 Å². The van der Waals surface area contributed by atoms with E-state index < -0.39 is 17.8 Å². The second kappa shape index (κ2) is 6.43. The van der Waals surface area contributed by atoms with Crippen molar-refractivity contribution in [2.24, 2.45) is 10.9 Å². The van der Waals surface area contributed by atoms with Crippen molar-refractivity contribution in [2.75, 3.05) is 6.54 Å². The van der Waals surface area contributed by atoms with Crippen LogP contribution in [0.3, 0.4) is 0 Å². The number of rotatable bonds is 3. The molecule has 1 fully saturated rings. The van der Waals surface area contributed by atoms with Crippen LogP contribution in [0.2, 0.25) is 0 Å². The lowest BCUT2D eigenvalue weighted by Gasteiger charge is -2.08. The molecule has 0 spiro atoms. The smallest absolute Gasteiger partial charge is 0.336 e. The van der Waals surface area contributed by atoms with Crippen LogP contribution in [0.25, 0.3) is 5.69 Å². The zero-order valence-electron chi connectivity index (χ0n) is 12.9. The lowest BCUT2D eigenvalue weighted by atomic mass is 10.2. The quantitative estimate of drug-likeness (QED) is 0.892. The fraction of sp³-hybridized carbons (Fsp3) is 0.375. The van der Waals surface area contributed by atoms with Gasteiger partial charge in [0.1, 0.15) is 0 Å². The third-order valence-corrected chi connectivity index (χ3v) is 4.58. The topological polar surface area (TPSA) is 46.4 Å². The van der Waals surface area contributed by atoms with Gasteiger partial charge in [0.2, 0.25) is 0 Å². The standard InChI is InChI=1S/C16H16F3N3OS/c1-10-9-22(13-6-4-12(5-7-13)16(17,18)19)15(24-10)21-14(23)20-8-11-2-3-11/h4-7,9,11H,2-3,8H2,1H3,(H,20,23)/b21-15-. The summed E-state index contributed by atoms with van der Waals surface area (Å²) in [6, 6.07) is 4.36. The molecule has 128 valence electrons. The molecule has 1 heterocycles. The molecule has 0 bridgehead atoms. The van der Waals surface area contributed by atoms with E-state index in [0.717, 1.165) is 29.9 Å². The van der Waals surface area contributed by atoms with Gasteiger partial charge >= 0.3 is 12.2 Å². The number of benzene rings is 1. The molecular formula is C16H16F3N3OS. The van der Waals surface area contributed by atoms with Crippen LogP contribution in [0.1, 0.15) is 23.3 Å². The Labute approximate surface area is 140 Å². The van der Waals surface area contributed by atoms with E-state index in [2.05, 4.69) is 10.3 Å². The summed E-state index contributed by atoms with van der Waals surface area (Å²) in [5, 5.41) is 2.75. The highest BCUT2D eigenvalue weighted by Crippen LogP contribution is 2.29. The summed E-state index contributed by atoms with van der Waals surface area (Å²) in [5.74, 6) is 0.552. The third kappa shape index (κ3) is 4.05. The molecular weight excluding hydrogens is 339 g/mol. The van der Waals surface area contributed by atoms with Crippen molar-refractivity contribution in [3.63, 3.8) is 0 Å². The summed E-state index contributed by atoms with van der Waals surface area (Å²) in [7, 11) is 0. The van der Waals surface area contributed by atoms with Gasteiger partial charge < -0.3 is 5.32 Å². The number of alkyl halides is 3. The van der Waals surface area contributed by atoms with Crippen molar-refractivity contribution in [2.45, 2.75) is 25.9 Å². The van der Waals surface area contributed by atoms with E-state index in [9.17, 15) is 18.0 Å². The maximum absolute atomic E-state index is 12.7. The van der Waals surface area contributed by atoms with Crippen LogP contribution >= 0.6 is 11.3 Å². The first kappa shape index (κ1) is 16.8. The maximum atomic E-state index is 12.7. The Hall–Kier alpha value is -2.09. The molecule has 24 heavy (non-hydrogen) atoms. The van der Waals surface area contributed by atoms with E-state index in [0.29, 0.717) is 23.0 Å². The molecule has 1 saturated carbocycles. The largest absolute Gasteiger partial charge is 0.416 e. The summed E-state index contributed by atoms with van der Waals surface area (Å²) in [4.78, 5) is 17.3. The number of aryl methyl sites for hydroxylation is 1. The van der Waals surface area contributed by atoms with Crippen LogP contribution < -0.4 is 10.1 Å². The Morgan fingerprint density at radius 2 is 2.00 bits per heavy atom. The minimum atomic E-state index is -4.37. The number of thiazole rings is 1. The van der Waals surface area contributed by atoms with Crippen molar-refractivity contribution in [3.05, 3.63) is 45.7 Å². The van der Waals surface area contributed by atoms with E-state index in [1.54, 1.807) is 10.8 Å². The van der Waals surface area contributed by atoms with Gasteiger partial charge in [-0.1, -0.05) is 0 Å². The monoisotopic (exact) mass is 355 g/mol. The minimum Gasteiger partial charge on any atom is -0.336 e. The Kier molecular flexibility index (Phi) is 4.49. The summed E-state index contributed by atoms with van der Waals surface area (Å²) in [5.41, 5.74) is -0.180. The zero-order valence-corrected chi connectivity index (χ0v) is 13.7. The number of nitrogens with one attached hydrogen (secondary N) is 1. The first-order valence-electron chi connectivity index (χ1n) is 7.52. The summed E-state index contributed by atoms with van der Waals surface area (Å²) < 4.78 is 39.6. The predicted octanol–water partition coefficient (Wildman–Crippen LogP) is 3.89. The second-order valence-corrected chi connectivity index (χ2v) is 6.99. The zero-order chi connectivity index (χ0) is 17.3. The van der Waals surface area contributed by atoms with E-state index in [-0.39, 0.29) is 0 Å². The fourth-order valence-electron chi connectivity index (χ4n) is 2.21. The van der Waals surface area contributed by atoms with Crippen molar-refractivity contribution < 1.29 is 18.0 Å². The van der Waals surface area contributed by atoms with Crippen LogP contribution in [0.5, 0.6) is 0 Å². The van der Waals surface area contributed by atoms with Gasteiger partial charge in [0.15, 0.2) is 4.80 Å². The van der Waals surface area contributed by atoms with Crippen molar-refractivity contribution in [3.8, 4) is 5.69 Å². The van der Waals surface area contributed by atoms with E-state index >= 15 is 0 Å². The predicted molar refractivity (Wildman–Crippen MR) is 85.1 cm³/mol. The number of hydrogen-bond acceptors (Lipinski definition) is 2. The lowest BCUT2D eigenvalue weighted by molar-refractivity contribution is -0.137. The highest BCUT2D eigenvalue weighted by molar-refractivity contribution is 7.09. The molecule has 2 amide bonds. The Balaban J connectivity index is 1.86. The number of nitrogens with zero attached hydrogens (tertiary/aromatic N) is 2. The van der Waals surface area contributed by atoms with Crippen LogP contribution in [0, 0.1) is 12.8 Å². The Morgan fingerprint density at radius 1 is 1.33 bits per heavy atom. The SMILES string of the molecule is Cc1cn(-c2ccc(C(F)(F)F)cc2)/c(=N/C(=O)NCC2CC2)s1. The molecule has 2 aromatic rings. The average Bonchev–Trinajstić information content (AvgIpc) is 3.27. The molecule has 1 N–H and O–H groups in total. The Bertz CT molecular complexity index is 801. The minimum absolute atomic E-state index is 0.426. The molecule has 0 saturated heterocycles. The van der Waals surface area contributed by atoms with Crippen LogP contribution in [0.15, 0.2) is 35.5 Å². The van der Waals surface area contributed by atoms with E-state index in [1.165, 1.54) is 23.5 Å². The fourth-order valence-corrected chi connectivity index (χ4v) is 3.04. The van der Waals surface area contributed by atoms with Gasteiger partial charge in [-0.25, -0.2) is 4.79 Å². The van der Waals surface area contributed by atoms with Crippen molar-refractivity contribution in [1.82, 2.24) is 9.88 Å². The van der Waals surface area contributed by atoms with Gasteiger partial charge in [0, 0.05) is 23.3 Å². The number of aromatic nitrogens is 1. The summed E-state index contributed by atoms with van der Waals surface area (Å²) in [6.07, 6.45) is -0.363. The first-order valence-corrected chi connectivity index (χ1v) is 8.34. The molecule has 1 aliphatic carbocycles. The molecule has 0 unspecified atom stereocenters. The molecule has 0 aliphatic heterocycles. The molecule has 0 atom stereocenters. The number of urea groups is 1.